The second-order valence-corrected chi connectivity index (χ2v) is 10.1. The number of amides is 2. The number of nitrogens with one attached hydrogen (secondary N) is 3. The van der Waals surface area contributed by atoms with Crippen LogP contribution in [0.1, 0.15) is 64.0 Å². The van der Waals surface area contributed by atoms with Crippen molar-refractivity contribution in [1.82, 2.24) is 20.2 Å². The molecule has 0 saturated heterocycles. The molecule has 3 rings (SSSR count). The molecule has 0 aliphatic heterocycles. The van der Waals surface area contributed by atoms with Crippen molar-refractivity contribution in [2.45, 2.75) is 64.5 Å². The Hall–Kier alpha value is -4.31. The van der Waals surface area contributed by atoms with Crippen LogP contribution in [0, 0.1) is 23.2 Å². The van der Waals surface area contributed by atoms with Crippen LogP contribution >= 0.6 is 0 Å². The number of ether oxygens (including phenoxy) is 1. The van der Waals surface area contributed by atoms with E-state index < -0.39 is 11.7 Å². The Balaban J connectivity index is 1.50. The first-order chi connectivity index (χ1) is 18.1. The number of likely N-dealkylation sites (N-methyl/N-ethyl adjacent to an activating group) is 1. The minimum atomic E-state index is -0.610. The normalized spacial score (nSPS) is 12.7. The van der Waals surface area contributed by atoms with Crippen molar-refractivity contribution in [3.63, 3.8) is 0 Å². The van der Waals surface area contributed by atoms with E-state index in [4.69, 9.17) is 10.00 Å². The highest BCUT2D eigenvalue weighted by Gasteiger charge is 2.21. The van der Waals surface area contributed by atoms with E-state index in [2.05, 4.69) is 43.8 Å². The molecule has 1 aliphatic carbocycles. The summed E-state index contributed by atoms with van der Waals surface area (Å²) in [7, 11) is 1.53. The molecule has 10 nitrogen and oxygen atoms in total. The smallest absolute Gasteiger partial charge is 0.410 e. The molecule has 200 valence electrons. The van der Waals surface area contributed by atoms with Crippen molar-refractivity contribution in [1.29, 1.82) is 5.26 Å². The summed E-state index contributed by atoms with van der Waals surface area (Å²) in [6, 6.07) is 9.56. The maximum absolute atomic E-state index is 12.1. The van der Waals surface area contributed by atoms with Gasteiger partial charge in [-0.2, -0.15) is 10.2 Å². The number of anilines is 3. The fourth-order valence-electron chi connectivity index (χ4n) is 3.38. The van der Waals surface area contributed by atoms with Crippen molar-refractivity contribution in [3.8, 4) is 17.9 Å². The quantitative estimate of drug-likeness (QED) is 0.334. The Bertz CT molecular complexity index is 1220. The lowest BCUT2D eigenvalue weighted by molar-refractivity contribution is -0.122. The third kappa shape index (κ3) is 9.29. The molecule has 0 unspecified atom stereocenters. The number of aromatic nitrogens is 2. The zero-order valence-corrected chi connectivity index (χ0v) is 22.4. The van der Waals surface area contributed by atoms with Gasteiger partial charge in [-0.05, 0) is 70.7 Å². The van der Waals surface area contributed by atoms with E-state index in [0.717, 1.165) is 18.5 Å². The summed E-state index contributed by atoms with van der Waals surface area (Å²) in [6.45, 7) is 5.72. The highest BCUT2D eigenvalue weighted by Crippen LogP contribution is 2.25. The van der Waals surface area contributed by atoms with E-state index in [1.165, 1.54) is 18.4 Å². The highest BCUT2D eigenvalue weighted by molar-refractivity contribution is 5.82. The molecule has 3 N–H and O–H groups in total. The van der Waals surface area contributed by atoms with Crippen LogP contribution in [0.5, 0.6) is 0 Å². The van der Waals surface area contributed by atoms with E-state index >= 15 is 0 Å². The van der Waals surface area contributed by atoms with Crippen LogP contribution < -0.4 is 16.0 Å². The molecule has 2 aromatic rings. The third-order valence-electron chi connectivity index (χ3n) is 5.61. The number of nitriles is 1. The number of carbonyl (C=O) groups is 2. The molecule has 1 aliphatic rings. The summed E-state index contributed by atoms with van der Waals surface area (Å²) in [6.07, 6.45) is 5.79. The first kappa shape index (κ1) is 28.3. The molecule has 0 atom stereocenters. The third-order valence-corrected chi connectivity index (χ3v) is 5.61. The van der Waals surface area contributed by atoms with Gasteiger partial charge in [-0.15, -0.1) is 0 Å². The molecule has 1 aromatic heterocycles. The van der Waals surface area contributed by atoms with Gasteiger partial charge in [0, 0.05) is 31.7 Å². The van der Waals surface area contributed by atoms with Gasteiger partial charge in [0.2, 0.25) is 11.9 Å². The number of carbonyl (C=O) groups excluding carboxylic acids is 2. The van der Waals surface area contributed by atoms with Crippen molar-refractivity contribution in [3.05, 3.63) is 41.6 Å². The van der Waals surface area contributed by atoms with E-state index in [1.54, 1.807) is 39.1 Å². The van der Waals surface area contributed by atoms with Crippen LogP contribution in [-0.2, 0) is 9.53 Å². The zero-order chi connectivity index (χ0) is 27.5. The molecule has 10 heteroatoms. The van der Waals surface area contributed by atoms with Gasteiger partial charge >= 0.3 is 6.09 Å². The molecule has 1 aromatic carbocycles. The van der Waals surface area contributed by atoms with Crippen LogP contribution in [0.25, 0.3) is 0 Å². The monoisotopic (exact) mass is 517 g/mol. The topological polar surface area (TPSA) is 132 Å². The number of benzene rings is 1. The van der Waals surface area contributed by atoms with Gasteiger partial charge in [-0.3, -0.25) is 4.79 Å². The highest BCUT2D eigenvalue weighted by atomic mass is 16.6. The number of rotatable bonds is 9. The average Bonchev–Trinajstić information content (AvgIpc) is 2.84. The Morgan fingerprint density at radius 1 is 1.21 bits per heavy atom. The second-order valence-electron chi connectivity index (χ2n) is 10.1. The van der Waals surface area contributed by atoms with E-state index in [9.17, 15) is 9.59 Å². The van der Waals surface area contributed by atoms with E-state index in [0.29, 0.717) is 48.3 Å². The van der Waals surface area contributed by atoms with Crippen LogP contribution in [0.15, 0.2) is 30.5 Å². The fraction of sp³-hybridized carbons (Fsp3) is 0.464. The summed E-state index contributed by atoms with van der Waals surface area (Å²) in [5, 5.41) is 18.4. The first-order valence-corrected chi connectivity index (χ1v) is 12.7. The van der Waals surface area contributed by atoms with Crippen LogP contribution in [-0.4, -0.2) is 58.6 Å². The van der Waals surface area contributed by atoms with E-state index in [1.807, 2.05) is 12.1 Å². The van der Waals surface area contributed by atoms with E-state index in [-0.39, 0.29) is 12.5 Å². The van der Waals surface area contributed by atoms with Gasteiger partial charge in [-0.1, -0.05) is 11.8 Å². The van der Waals surface area contributed by atoms with Gasteiger partial charge in [0.1, 0.15) is 18.0 Å². The standard InChI is InChI=1S/C28H35N7O3/c1-28(2,3)38-27(37)35(4)19-24(36)30-16-7-5-6-9-21-18-31-26(34-25(21)32-22-10-8-11-22)33-23-14-12-20(17-29)13-15-23/h12-15,18,22H,5,7-8,10-11,16,19H2,1-4H3,(H,30,36)(H2,31,32,33,34). The summed E-state index contributed by atoms with van der Waals surface area (Å²) < 4.78 is 5.25. The summed E-state index contributed by atoms with van der Waals surface area (Å²) >= 11 is 0. The predicted octanol–water partition coefficient (Wildman–Crippen LogP) is 4.17. The Labute approximate surface area is 224 Å². The summed E-state index contributed by atoms with van der Waals surface area (Å²) in [5.74, 6) is 7.16. The Kier molecular flexibility index (Phi) is 9.89. The molecular formula is C28H35N7O3. The molecule has 0 radical (unpaired) electrons. The summed E-state index contributed by atoms with van der Waals surface area (Å²) in [4.78, 5) is 34.4. The molecule has 1 heterocycles. The van der Waals surface area contributed by atoms with Gasteiger partial charge in [-0.25, -0.2) is 9.78 Å². The maximum atomic E-state index is 12.1. The van der Waals surface area contributed by atoms with Crippen molar-refractivity contribution < 1.29 is 14.3 Å². The minimum absolute atomic E-state index is 0.0724. The van der Waals surface area contributed by atoms with Gasteiger partial charge in [0.15, 0.2) is 0 Å². The Morgan fingerprint density at radius 2 is 1.95 bits per heavy atom. The average molecular weight is 518 g/mol. The van der Waals surface area contributed by atoms with Crippen LogP contribution in [0.4, 0.5) is 22.2 Å². The summed E-state index contributed by atoms with van der Waals surface area (Å²) in [5.41, 5.74) is 1.48. The number of nitrogens with zero attached hydrogens (tertiary/aromatic N) is 4. The Morgan fingerprint density at radius 3 is 2.58 bits per heavy atom. The zero-order valence-electron chi connectivity index (χ0n) is 22.4. The van der Waals surface area contributed by atoms with Gasteiger partial charge in [0.05, 0.1) is 23.4 Å². The number of hydrogen-bond acceptors (Lipinski definition) is 8. The fourth-order valence-corrected chi connectivity index (χ4v) is 3.38. The predicted molar refractivity (Wildman–Crippen MR) is 146 cm³/mol. The maximum Gasteiger partial charge on any atom is 0.410 e. The first-order valence-electron chi connectivity index (χ1n) is 12.7. The van der Waals surface area contributed by atoms with Crippen molar-refractivity contribution >= 4 is 29.5 Å². The molecular weight excluding hydrogens is 482 g/mol. The largest absolute Gasteiger partial charge is 0.444 e. The van der Waals surface area contributed by atoms with Crippen molar-refractivity contribution in [2.24, 2.45) is 0 Å². The lowest BCUT2D eigenvalue weighted by atomic mass is 9.93. The van der Waals surface area contributed by atoms with Crippen LogP contribution in [0.2, 0.25) is 0 Å². The van der Waals surface area contributed by atoms with Crippen LogP contribution in [0.3, 0.4) is 0 Å². The molecule has 2 amide bonds. The van der Waals surface area contributed by atoms with Gasteiger partial charge < -0.3 is 25.6 Å². The lowest BCUT2D eigenvalue weighted by Crippen LogP contribution is -2.41. The molecule has 1 fully saturated rings. The lowest BCUT2D eigenvalue weighted by Gasteiger charge is -2.27. The molecule has 38 heavy (non-hydrogen) atoms. The molecule has 1 saturated carbocycles. The van der Waals surface area contributed by atoms with Crippen molar-refractivity contribution in [2.75, 3.05) is 30.8 Å². The second kappa shape index (κ2) is 13.3. The molecule has 0 bridgehead atoms. The number of unbranched alkanes of at least 4 members (excludes halogenated alkanes) is 1. The van der Waals surface area contributed by atoms with Gasteiger partial charge in [0.25, 0.3) is 0 Å². The SMILES string of the molecule is CN(CC(=O)NCCCC#Cc1cnc(Nc2ccc(C#N)cc2)nc1NC1CCC1)C(=O)OC(C)(C)C. The minimum Gasteiger partial charge on any atom is -0.444 e. The number of hydrogen-bond donors (Lipinski definition) is 3. The molecule has 0 spiro atoms.